The molecule has 1 saturated carbocycles. The predicted octanol–water partition coefficient (Wildman–Crippen LogP) is 3.50. The van der Waals surface area contributed by atoms with Gasteiger partial charge in [0.1, 0.15) is 0 Å². The lowest BCUT2D eigenvalue weighted by molar-refractivity contribution is -0.129. The lowest BCUT2D eigenvalue weighted by Crippen LogP contribution is -2.35. The Labute approximate surface area is 150 Å². The third kappa shape index (κ3) is 4.83. The van der Waals surface area contributed by atoms with E-state index < -0.39 is 0 Å². The molecule has 4 heteroatoms. The van der Waals surface area contributed by atoms with Gasteiger partial charge in [0, 0.05) is 25.4 Å². The summed E-state index contributed by atoms with van der Waals surface area (Å²) in [4.78, 5) is 25.7. The maximum atomic E-state index is 12.4. The summed E-state index contributed by atoms with van der Waals surface area (Å²) in [5.74, 6) is 1.77. The third-order valence-electron chi connectivity index (χ3n) is 5.88. The molecule has 136 valence electrons. The molecule has 2 aliphatic rings. The van der Waals surface area contributed by atoms with E-state index in [1.807, 2.05) is 18.2 Å². The first-order valence-corrected chi connectivity index (χ1v) is 9.63. The summed E-state index contributed by atoms with van der Waals surface area (Å²) in [5.41, 5.74) is 6.61. The Morgan fingerprint density at radius 3 is 2.60 bits per heavy atom. The average Bonchev–Trinajstić information content (AvgIpc) is 2.88. The summed E-state index contributed by atoms with van der Waals surface area (Å²) in [7, 11) is 0. The molecule has 0 spiro atoms. The zero-order valence-electron chi connectivity index (χ0n) is 15.2. The quantitative estimate of drug-likeness (QED) is 0.860. The molecule has 2 amide bonds. The maximum Gasteiger partial charge on any atom is 0.223 e. The molecule has 2 N–H and O–H groups in total. The summed E-state index contributed by atoms with van der Waals surface area (Å²) in [5, 5.41) is 0. The number of carbonyl (C=O) groups is 2. The zero-order valence-corrected chi connectivity index (χ0v) is 15.2. The predicted molar refractivity (Wildman–Crippen MR) is 98.4 cm³/mol. The van der Waals surface area contributed by atoms with E-state index in [0.717, 1.165) is 32.2 Å². The van der Waals surface area contributed by atoms with Gasteiger partial charge in [0.05, 0.1) is 0 Å². The van der Waals surface area contributed by atoms with E-state index in [1.54, 1.807) is 0 Å². The van der Waals surface area contributed by atoms with Crippen LogP contribution in [0.15, 0.2) is 30.3 Å². The normalized spacial score (nSPS) is 29.8. The summed E-state index contributed by atoms with van der Waals surface area (Å²) in [6, 6.07) is 10.6. The van der Waals surface area contributed by atoms with Gasteiger partial charge < -0.3 is 10.6 Å². The number of primary amides is 1. The van der Waals surface area contributed by atoms with E-state index in [-0.39, 0.29) is 11.8 Å². The Hall–Kier alpha value is -1.84. The van der Waals surface area contributed by atoms with Gasteiger partial charge >= 0.3 is 0 Å². The minimum atomic E-state index is -0.181. The van der Waals surface area contributed by atoms with Crippen LogP contribution in [0.5, 0.6) is 0 Å². The SMILES string of the molecule is CC1CC(CC(N)=O)CC(CC2CCC(=O)N2Cc2ccccc2)C1. The first kappa shape index (κ1) is 18.0. The maximum absolute atomic E-state index is 12.4. The van der Waals surface area contributed by atoms with E-state index >= 15 is 0 Å². The summed E-state index contributed by atoms with van der Waals surface area (Å²) in [6.07, 6.45) is 6.62. The molecular weight excluding hydrogens is 312 g/mol. The first-order valence-electron chi connectivity index (χ1n) is 9.63. The number of nitrogens with two attached hydrogens (primary N) is 1. The second-order valence-electron chi connectivity index (χ2n) is 8.15. The van der Waals surface area contributed by atoms with E-state index in [4.69, 9.17) is 5.73 Å². The lowest BCUT2D eigenvalue weighted by atomic mass is 9.72. The topological polar surface area (TPSA) is 63.4 Å². The van der Waals surface area contributed by atoms with Gasteiger partial charge in [0.2, 0.25) is 11.8 Å². The van der Waals surface area contributed by atoms with Crippen molar-refractivity contribution in [1.82, 2.24) is 4.90 Å². The summed E-state index contributed by atoms with van der Waals surface area (Å²) < 4.78 is 0. The fraction of sp³-hybridized carbons (Fsp3) is 0.619. The summed E-state index contributed by atoms with van der Waals surface area (Å²) >= 11 is 0. The van der Waals surface area contributed by atoms with Gasteiger partial charge in [-0.1, -0.05) is 37.3 Å². The fourth-order valence-electron chi connectivity index (χ4n) is 4.96. The fourth-order valence-corrected chi connectivity index (χ4v) is 4.96. The Morgan fingerprint density at radius 1 is 1.16 bits per heavy atom. The van der Waals surface area contributed by atoms with Crippen LogP contribution >= 0.6 is 0 Å². The second-order valence-corrected chi connectivity index (χ2v) is 8.15. The molecule has 4 nitrogen and oxygen atoms in total. The molecule has 0 radical (unpaired) electrons. The number of rotatable bonds is 6. The van der Waals surface area contributed by atoms with Crippen LogP contribution in [-0.4, -0.2) is 22.8 Å². The van der Waals surface area contributed by atoms with Crippen LogP contribution in [0.3, 0.4) is 0 Å². The van der Waals surface area contributed by atoms with E-state index in [0.29, 0.717) is 36.6 Å². The molecule has 3 rings (SSSR count). The molecular formula is C21H30N2O2. The third-order valence-corrected chi connectivity index (χ3v) is 5.88. The van der Waals surface area contributed by atoms with E-state index in [2.05, 4.69) is 24.0 Å². The Kier molecular flexibility index (Phi) is 5.77. The number of likely N-dealkylation sites (tertiary alicyclic amines) is 1. The van der Waals surface area contributed by atoms with Crippen LogP contribution in [-0.2, 0) is 16.1 Å². The van der Waals surface area contributed by atoms with Crippen molar-refractivity contribution >= 4 is 11.8 Å². The van der Waals surface area contributed by atoms with Crippen LogP contribution in [0, 0.1) is 17.8 Å². The molecule has 1 aromatic rings. The molecule has 2 fully saturated rings. The lowest BCUT2D eigenvalue weighted by Gasteiger charge is -2.36. The first-order chi connectivity index (χ1) is 12.0. The van der Waals surface area contributed by atoms with Crippen molar-refractivity contribution in [3.8, 4) is 0 Å². The van der Waals surface area contributed by atoms with Gasteiger partial charge in [0.15, 0.2) is 0 Å². The molecule has 1 saturated heterocycles. The van der Waals surface area contributed by atoms with Crippen LogP contribution in [0.4, 0.5) is 0 Å². The van der Waals surface area contributed by atoms with Crippen molar-refractivity contribution in [2.45, 2.75) is 64.5 Å². The highest BCUT2D eigenvalue weighted by molar-refractivity contribution is 5.78. The minimum absolute atomic E-state index is 0.181. The Morgan fingerprint density at radius 2 is 1.88 bits per heavy atom. The van der Waals surface area contributed by atoms with Gasteiger partial charge in [-0.05, 0) is 55.4 Å². The number of amides is 2. The van der Waals surface area contributed by atoms with E-state index in [9.17, 15) is 9.59 Å². The Balaban J connectivity index is 1.62. The highest BCUT2D eigenvalue weighted by Crippen LogP contribution is 2.39. The Bertz CT molecular complexity index is 601. The largest absolute Gasteiger partial charge is 0.370 e. The van der Waals surface area contributed by atoms with Gasteiger partial charge in [-0.2, -0.15) is 0 Å². The number of nitrogens with zero attached hydrogens (tertiary/aromatic N) is 1. The highest BCUT2D eigenvalue weighted by Gasteiger charge is 2.35. The molecule has 0 aromatic heterocycles. The molecule has 0 bridgehead atoms. The van der Waals surface area contributed by atoms with Crippen LogP contribution in [0.25, 0.3) is 0 Å². The average molecular weight is 342 g/mol. The van der Waals surface area contributed by atoms with Gasteiger partial charge in [-0.15, -0.1) is 0 Å². The molecule has 4 atom stereocenters. The van der Waals surface area contributed by atoms with Crippen molar-refractivity contribution < 1.29 is 9.59 Å². The molecule has 1 aliphatic carbocycles. The molecule has 1 heterocycles. The van der Waals surface area contributed by atoms with Gasteiger partial charge in [-0.25, -0.2) is 0 Å². The van der Waals surface area contributed by atoms with Crippen molar-refractivity contribution in [2.24, 2.45) is 23.5 Å². The van der Waals surface area contributed by atoms with Crippen molar-refractivity contribution in [3.63, 3.8) is 0 Å². The smallest absolute Gasteiger partial charge is 0.223 e. The molecule has 1 aliphatic heterocycles. The van der Waals surface area contributed by atoms with Crippen LogP contribution < -0.4 is 5.73 Å². The summed E-state index contributed by atoms with van der Waals surface area (Å²) in [6.45, 7) is 3.00. The molecule has 1 aromatic carbocycles. The minimum Gasteiger partial charge on any atom is -0.370 e. The van der Waals surface area contributed by atoms with Crippen molar-refractivity contribution in [1.29, 1.82) is 0 Å². The number of carbonyl (C=O) groups excluding carboxylic acids is 2. The van der Waals surface area contributed by atoms with Crippen molar-refractivity contribution in [3.05, 3.63) is 35.9 Å². The van der Waals surface area contributed by atoms with Crippen molar-refractivity contribution in [2.75, 3.05) is 0 Å². The molecule has 25 heavy (non-hydrogen) atoms. The second kappa shape index (κ2) is 8.03. The van der Waals surface area contributed by atoms with Gasteiger partial charge in [-0.3, -0.25) is 9.59 Å². The van der Waals surface area contributed by atoms with E-state index in [1.165, 1.54) is 12.0 Å². The van der Waals surface area contributed by atoms with Crippen LogP contribution in [0.1, 0.15) is 57.4 Å². The highest BCUT2D eigenvalue weighted by atomic mass is 16.2. The monoisotopic (exact) mass is 342 g/mol. The molecule has 4 unspecified atom stereocenters. The standard InChI is InChI=1S/C21H30N2O2/c1-15-9-17(11-18(10-15)13-20(22)24)12-19-7-8-21(25)23(19)14-16-5-3-2-4-6-16/h2-6,15,17-19H,7-14H2,1H3,(H2,22,24). The number of hydrogen-bond donors (Lipinski definition) is 1. The zero-order chi connectivity index (χ0) is 17.8. The van der Waals surface area contributed by atoms with Crippen LogP contribution in [0.2, 0.25) is 0 Å². The van der Waals surface area contributed by atoms with Gasteiger partial charge in [0.25, 0.3) is 0 Å². The number of hydrogen-bond acceptors (Lipinski definition) is 2. The number of benzene rings is 1.